The van der Waals surface area contributed by atoms with Crippen molar-refractivity contribution < 1.29 is 28.1 Å². The third kappa shape index (κ3) is 3.00. The van der Waals surface area contributed by atoms with Crippen LogP contribution in [0.3, 0.4) is 0 Å². The molecular formula is C19H15FO5S. The minimum Gasteiger partial charge on any atom is -0.457 e. The van der Waals surface area contributed by atoms with Gasteiger partial charge in [0.05, 0.1) is 6.61 Å². The second kappa shape index (κ2) is 6.93. The zero-order valence-electron chi connectivity index (χ0n) is 13.9. The van der Waals surface area contributed by atoms with E-state index in [-0.39, 0.29) is 25.8 Å². The predicted octanol–water partition coefficient (Wildman–Crippen LogP) is 4.27. The average Bonchev–Trinajstić information content (AvgIpc) is 3.25. The molecule has 134 valence electrons. The lowest BCUT2D eigenvalue weighted by atomic mass is 10.1. The number of carbonyl (C=O) groups excluding carboxylic acids is 1. The number of ether oxygens (including phenoxy) is 4. The lowest BCUT2D eigenvalue weighted by molar-refractivity contribution is 0.0474. The minimum absolute atomic E-state index is 0.0820. The average molecular weight is 374 g/mol. The van der Waals surface area contributed by atoms with Crippen LogP contribution in [0.15, 0.2) is 36.4 Å². The summed E-state index contributed by atoms with van der Waals surface area (Å²) in [7, 11) is 1.51. The largest absolute Gasteiger partial charge is 0.457 e. The molecule has 5 nitrogen and oxygen atoms in total. The van der Waals surface area contributed by atoms with Gasteiger partial charge in [-0.25, -0.2) is 9.18 Å². The van der Waals surface area contributed by atoms with E-state index in [9.17, 15) is 9.18 Å². The Morgan fingerprint density at radius 2 is 2.04 bits per heavy atom. The lowest BCUT2D eigenvalue weighted by Crippen LogP contribution is -2.06. The number of benzene rings is 2. The summed E-state index contributed by atoms with van der Waals surface area (Å²) < 4.78 is 36.0. The number of hydrogen-bond donors (Lipinski definition) is 0. The molecule has 2 heterocycles. The third-order valence-electron chi connectivity index (χ3n) is 4.04. The molecule has 0 fully saturated rings. The molecule has 0 N–H and O–H groups in total. The standard InChI is InChI=1S/C19H15FO5S/c1-22-9-12-17-13(20)3-2-4-16(17)26-18(12)19(21)23-8-11-5-6-14-15(7-11)25-10-24-14/h2-7H,8-10H2,1H3. The summed E-state index contributed by atoms with van der Waals surface area (Å²) >= 11 is 1.20. The molecule has 2 aromatic carbocycles. The van der Waals surface area contributed by atoms with Crippen LogP contribution in [-0.4, -0.2) is 19.9 Å². The van der Waals surface area contributed by atoms with Gasteiger partial charge in [0.2, 0.25) is 6.79 Å². The maximum Gasteiger partial charge on any atom is 0.349 e. The van der Waals surface area contributed by atoms with E-state index < -0.39 is 5.97 Å². The van der Waals surface area contributed by atoms with Gasteiger partial charge in [0.25, 0.3) is 0 Å². The third-order valence-corrected chi connectivity index (χ3v) is 5.22. The Bertz CT molecular complexity index is 981. The number of rotatable bonds is 5. The lowest BCUT2D eigenvalue weighted by Gasteiger charge is -2.07. The van der Waals surface area contributed by atoms with E-state index >= 15 is 0 Å². The first-order chi connectivity index (χ1) is 12.7. The molecule has 0 saturated heterocycles. The molecule has 0 unspecified atom stereocenters. The Labute approximate surface area is 152 Å². The zero-order chi connectivity index (χ0) is 18.1. The maximum absolute atomic E-state index is 14.2. The number of thiophene rings is 1. The van der Waals surface area contributed by atoms with Crippen molar-refractivity contribution in [3.63, 3.8) is 0 Å². The number of carbonyl (C=O) groups is 1. The van der Waals surface area contributed by atoms with Gasteiger partial charge in [0.1, 0.15) is 17.3 Å². The van der Waals surface area contributed by atoms with Crippen molar-refractivity contribution in [2.24, 2.45) is 0 Å². The molecule has 0 aliphatic carbocycles. The van der Waals surface area contributed by atoms with Crippen molar-refractivity contribution in [2.75, 3.05) is 13.9 Å². The molecule has 0 saturated carbocycles. The van der Waals surface area contributed by atoms with Crippen molar-refractivity contribution in [1.29, 1.82) is 0 Å². The molecule has 1 aromatic heterocycles. The Morgan fingerprint density at radius 3 is 2.88 bits per heavy atom. The summed E-state index contributed by atoms with van der Waals surface area (Å²) in [4.78, 5) is 12.9. The van der Waals surface area contributed by atoms with Crippen LogP contribution in [0.2, 0.25) is 0 Å². The molecule has 3 aromatic rings. The van der Waals surface area contributed by atoms with Crippen LogP contribution >= 0.6 is 11.3 Å². The van der Waals surface area contributed by atoms with Crippen LogP contribution < -0.4 is 9.47 Å². The van der Waals surface area contributed by atoms with Crippen LogP contribution in [0.5, 0.6) is 11.5 Å². The SMILES string of the molecule is COCc1c(C(=O)OCc2ccc3c(c2)OCO3)sc2cccc(F)c12. The number of methoxy groups -OCH3 is 1. The summed E-state index contributed by atoms with van der Waals surface area (Å²) in [5.74, 6) is 0.418. The highest BCUT2D eigenvalue weighted by Crippen LogP contribution is 2.35. The van der Waals surface area contributed by atoms with Gasteiger partial charge in [-0.2, -0.15) is 0 Å². The van der Waals surface area contributed by atoms with Crippen LogP contribution in [0, 0.1) is 5.82 Å². The fraction of sp³-hybridized carbons (Fsp3) is 0.211. The molecule has 0 radical (unpaired) electrons. The van der Waals surface area contributed by atoms with Gasteiger partial charge in [-0.3, -0.25) is 0 Å². The van der Waals surface area contributed by atoms with Crippen molar-refractivity contribution in [2.45, 2.75) is 13.2 Å². The Hall–Kier alpha value is -2.64. The summed E-state index contributed by atoms with van der Waals surface area (Å²) in [6.45, 7) is 0.403. The molecule has 26 heavy (non-hydrogen) atoms. The number of hydrogen-bond acceptors (Lipinski definition) is 6. The van der Waals surface area contributed by atoms with E-state index in [0.29, 0.717) is 32.0 Å². The topological polar surface area (TPSA) is 54.0 Å². The van der Waals surface area contributed by atoms with Gasteiger partial charge >= 0.3 is 5.97 Å². The van der Waals surface area contributed by atoms with Crippen molar-refractivity contribution in [3.05, 3.63) is 58.2 Å². The van der Waals surface area contributed by atoms with Crippen LogP contribution in [-0.2, 0) is 22.7 Å². The highest BCUT2D eigenvalue weighted by atomic mass is 32.1. The van der Waals surface area contributed by atoms with E-state index in [1.54, 1.807) is 30.3 Å². The molecule has 0 atom stereocenters. The molecule has 4 rings (SSSR count). The fourth-order valence-electron chi connectivity index (χ4n) is 2.86. The Balaban J connectivity index is 1.58. The van der Waals surface area contributed by atoms with Crippen LogP contribution in [0.4, 0.5) is 4.39 Å². The molecule has 0 amide bonds. The zero-order valence-corrected chi connectivity index (χ0v) is 14.7. The molecule has 7 heteroatoms. The predicted molar refractivity (Wildman–Crippen MR) is 94.2 cm³/mol. The number of halogens is 1. The first-order valence-corrected chi connectivity index (χ1v) is 8.73. The molecule has 1 aliphatic heterocycles. The van der Waals surface area contributed by atoms with E-state index in [0.717, 1.165) is 5.56 Å². The highest BCUT2D eigenvalue weighted by molar-refractivity contribution is 7.21. The Kier molecular flexibility index (Phi) is 4.48. The Morgan fingerprint density at radius 1 is 1.19 bits per heavy atom. The van der Waals surface area contributed by atoms with Crippen LogP contribution in [0.25, 0.3) is 10.1 Å². The summed E-state index contributed by atoms with van der Waals surface area (Å²) in [5.41, 5.74) is 1.30. The van der Waals surface area contributed by atoms with Gasteiger partial charge in [-0.05, 0) is 29.8 Å². The minimum atomic E-state index is -0.504. The first-order valence-electron chi connectivity index (χ1n) is 7.92. The van der Waals surface area contributed by atoms with Gasteiger partial charge < -0.3 is 18.9 Å². The van der Waals surface area contributed by atoms with Gasteiger partial charge in [-0.1, -0.05) is 12.1 Å². The van der Waals surface area contributed by atoms with E-state index in [4.69, 9.17) is 18.9 Å². The van der Waals surface area contributed by atoms with Crippen molar-refractivity contribution in [3.8, 4) is 11.5 Å². The van der Waals surface area contributed by atoms with E-state index in [2.05, 4.69) is 0 Å². The normalized spacial score (nSPS) is 12.5. The summed E-state index contributed by atoms with van der Waals surface area (Å²) in [6, 6.07) is 10.1. The van der Waals surface area contributed by atoms with Gasteiger partial charge in [0.15, 0.2) is 11.5 Å². The second-order valence-corrected chi connectivity index (χ2v) is 6.77. The van der Waals surface area contributed by atoms with Gasteiger partial charge in [0, 0.05) is 22.8 Å². The monoisotopic (exact) mass is 374 g/mol. The molecule has 0 bridgehead atoms. The molecule has 1 aliphatic rings. The van der Waals surface area contributed by atoms with E-state index in [1.165, 1.54) is 24.5 Å². The van der Waals surface area contributed by atoms with Gasteiger partial charge in [-0.15, -0.1) is 11.3 Å². The summed E-state index contributed by atoms with van der Waals surface area (Å²) in [6.07, 6.45) is 0. The van der Waals surface area contributed by atoms with Crippen molar-refractivity contribution in [1.82, 2.24) is 0 Å². The maximum atomic E-state index is 14.2. The molecular weight excluding hydrogens is 359 g/mol. The van der Waals surface area contributed by atoms with Crippen molar-refractivity contribution >= 4 is 27.4 Å². The highest BCUT2D eigenvalue weighted by Gasteiger charge is 2.22. The fourth-order valence-corrected chi connectivity index (χ4v) is 3.98. The quantitative estimate of drug-likeness (QED) is 0.624. The first kappa shape index (κ1) is 16.8. The smallest absolute Gasteiger partial charge is 0.349 e. The summed E-state index contributed by atoms with van der Waals surface area (Å²) in [5, 5.41) is 0.411. The number of fused-ring (bicyclic) bond motifs is 2. The van der Waals surface area contributed by atoms with E-state index in [1.807, 2.05) is 0 Å². The molecule has 0 spiro atoms. The number of esters is 1. The second-order valence-electron chi connectivity index (χ2n) is 5.72. The van der Waals surface area contributed by atoms with Crippen LogP contribution in [0.1, 0.15) is 20.8 Å².